The van der Waals surface area contributed by atoms with Crippen molar-refractivity contribution in [3.8, 4) is 11.1 Å². The van der Waals surface area contributed by atoms with E-state index in [1.807, 2.05) is 18.2 Å². The van der Waals surface area contributed by atoms with Gasteiger partial charge in [0.15, 0.2) is 0 Å². The second-order valence-corrected chi connectivity index (χ2v) is 8.51. The van der Waals surface area contributed by atoms with Crippen molar-refractivity contribution in [1.82, 2.24) is 0 Å². The molecule has 0 saturated carbocycles. The zero-order valence-electron chi connectivity index (χ0n) is 19.6. The molecule has 5 rings (SSSR count). The van der Waals surface area contributed by atoms with E-state index >= 15 is 0 Å². The molecule has 1 N–H and O–H groups in total. The van der Waals surface area contributed by atoms with Crippen molar-refractivity contribution in [2.75, 3.05) is 10.2 Å². The van der Waals surface area contributed by atoms with Gasteiger partial charge in [-0.05, 0) is 90.7 Å². The summed E-state index contributed by atoms with van der Waals surface area (Å²) in [6.07, 6.45) is 0. The Morgan fingerprint density at radius 2 is 1.00 bits per heavy atom. The molecule has 0 spiro atoms. The lowest BCUT2D eigenvalue weighted by Gasteiger charge is -2.27. The number of aryl methyl sites for hydroxylation is 1. The van der Waals surface area contributed by atoms with Crippen LogP contribution in [0.3, 0.4) is 0 Å². The maximum absolute atomic E-state index is 3.45. The maximum Gasteiger partial charge on any atom is 0.0493 e. The van der Waals surface area contributed by atoms with Crippen LogP contribution in [0.4, 0.5) is 28.4 Å². The van der Waals surface area contributed by atoms with Gasteiger partial charge in [-0.25, -0.2) is 0 Å². The summed E-state index contributed by atoms with van der Waals surface area (Å²) in [4.78, 5) is 2.33. The maximum atomic E-state index is 3.45. The molecule has 0 amide bonds. The van der Waals surface area contributed by atoms with Gasteiger partial charge in [0, 0.05) is 28.4 Å². The average molecular weight is 441 g/mol. The van der Waals surface area contributed by atoms with E-state index in [1.165, 1.54) is 27.9 Å². The SMILES string of the molecule is Cc1cccc(N(c2ccccc2)c2ccc(-c3ccc(Nc4ccccc4)cc3)cc2)c1C. The lowest BCUT2D eigenvalue weighted by Crippen LogP contribution is -2.11. The summed E-state index contributed by atoms with van der Waals surface area (Å²) in [5.41, 5.74) is 10.6. The third kappa shape index (κ3) is 4.57. The Morgan fingerprint density at radius 1 is 0.471 bits per heavy atom. The summed E-state index contributed by atoms with van der Waals surface area (Å²) in [6.45, 7) is 4.36. The first kappa shape index (κ1) is 21.5. The van der Waals surface area contributed by atoms with E-state index in [2.05, 4.69) is 133 Å². The molecule has 0 aliphatic heterocycles. The van der Waals surface area contributed by atoms with Gasteiger partial charge in [0.2, 0.25) is 0 Å². The highest BCUT2D eigenvalue weighted by Gasteiger charge is 2.15. The summed E-state index contributed by atoms with van der Waals surface area (Å²) in [5.74, 6) is 0. The van der Waals surface area contributed by atoms with Gasteiger partial charge in [-0.1, -0.05) is 72.8 Å². The fraction of sp³-hybridized carbons (Fsp3) is 0.0625. The van der Waals surface area contributed by atoms with Gasteiger partial charge in [-0.15, -0.1) is 0 Å². The van der Waals surface area contributed by atoms with Crippen molar-refractivity contribution in [3.63, 3.8) is 0 Å². The largest absolute Gasteiger partial charge is 0.356 e. The molecule has 34 heavy (non-hydrogen) atoms. The highest BCUT2D eigenvalue weighted by atomic mass is 15.1. The minimum absolute atomic E-state index is 1.08. The van der Waals surface area contributed by atoms with Crippen LogP contribution in [0.15, 0.2) is 127 Å². The quantitative estimate of drug-likeness (QED) is 0.283. The Morgan fingerprint density at radius 3 is 1.65 bits per heavy atom. The number of nitrogens with one attached hydrogen (secondary N) is 1. The van der Waals surface area contributed by atoms with Crippen molar-refractivity contribution in [1.29, 1.82) is 0 Å². The minimum atomic E-state index is 1.08. The molecule has 0 bridgehead atoms. The third-order valence-electron chi connectivity index (χ3n) is 6.24. The summed E-state index contributed by atoms with van der Waals surface area (Å²) in [7, 11) is 0. The Balaban J connectivity index is 1.44. The topological polar surface area (TPSA) is 15.3 Å². The zero-order chi connectivity index (χ0) is 23.3. The molecule has 5 aromatic carbocycles. The molecule has 0 saturated heterocycles. The predicted octanol–water partition coefficient (Wildman–Crippen LogP) is 9.18. The molecule has 0 aromatic heterocycles. The molecule has 2 heteroatoms. The highest BCUT2D eigenvalue weighted by molar-refractivity contribution is 5.80. The second kappa shape index (κ2) is 9.68. The Hall–Kier alpha value is -4.30. The Labute approximate surface area is 202 Å². The summed E-state index contributed by atoms with van der Waals surface area (Å²) >= 11 is 0. The normalized spacial score (nSPS) is 10.6. The number of nitrogens with zero attached hydrogens (tertiary/aromatic N) is 1. The van der Waals surface area contributed by atoms with Crippen molar-refractivity contribution in [2.24, 2.45) is 0 Å². The lowest BCUT2D eigenvalue weighted by molar-refractivity contribution is 1.22. The summed E-state index contributed by atoms with van der Waals surface area (Å²) < 4.78 is 0. The van der Waals surface area contributed by atoms with Crippen molar-refractivity contribution < 1.29 is 0 Å². The van der Waals surface area contributed by atoms with Crippen LogP contribution in [-0.2, 0) is 0 Å². The number of para-hydroxylation sites is 2. The molecular formula is C32H28N2. The van der Waals surface area contributed by atoms with Crippen LogP contribution in [0, 0.1) is 13.8 Å². The molecule has 2 nitrogen and oxygen atoms in total. The van der Waals surface area contributed by atoms with E-state index in [4.69, 9.17) is 0 Å². The van der Waals surface area contributed by atoms with Gasteiger partial charge in [0.25, 0.3) is 0 Å². The number of rotatable bonds is 6. The number of benzene rings is 5. The van der Waals surface area contributed by atoms with Gasteiger partial charge in [-0.3, -0.25) is 0 Å². The molecule has 0 heterocycles. The first-order valence-electron chi connectivity index (χ1n) is 11.6. The Kier molecular flexibility index (Phi) is 6.13. The minimum Gasteiger partial charge on any atom is -0.356 e. The van der Waals surface area contributed by atoms with Crippen LogP contribution in [0.2, 0.25) is 0 Å². The standard InChI is InChI=1S/C32H28N2/c1-24-10-9-15-32(25(24)2)34(30-13-7-4-8-14-30)31-22-18-27(19-23-31)26-16-20-29(21-17-26)33-28-11-5-3-6-12-28/h3-23,33H,1-2H3. The van der Waals surface area contributed by atoms with Gasteiger partial charge in [0.1, 0.15) is 0 Å². The zero-order valence-corrected chi connectivity index (χ0v) is 19.6. The summed E-state index contributed by atoms with van der Waals surface area (Å²) in [5, 5.41) is 3.45. The van der Waals surface area contributed by atoms with Gasteiger partial charge in [-0.2, -0.15) is 0 Å². The second-order valence-electron chi connectivity index (χ2n) is 8.51. The van der Waals surface area contributed by atoms with Crippen molar-refractivity contribution >= 4 is 28.4 Å². The molecule has 166 valence electrons. The van der Waals surface area contributed by atoms with Crippen LogP contribution >= 0.6 is 0 Å². The van der Waals surface area contributed by atoms with Crippen LogP contribution in [-0.4, -0.2) is 0 Å². The molecular weight excluding hydrogens is 412 g/mol. The fourth-order valence-electron chi connectivity index (χ4n) is 4.22. The molecule has 0 aliphatic carbocycles. The van der Waals surface area contributed by atoms with Gasteiger partial charge < -0.3 is 10.2 Å². The van der Waals surface area contributed by atoms with Crippen LogP contribution in [0.5, 0.6) is 0 Å². The van der Waals surface area contributed by atoms with Crippen LogP contribution < -0.4 is 10.2 Å². The number of hydrogen-bond acceptors (Lipinski definition) is 2. The first-order chi connectivity index (χ1) is 16.7. The van der Waals surface area contributed by atoms with Gasteiger partial charge in [0.05, 0.1) is 0 Å². The number of anilines is 5. The average Bonchev–Trinajstić information content (AvgIpc) is 2.89. The van der Waals surface area contributed by atoms with E-state index in [0.717, 1.165) is 22.7 Å². The van der Waals surface area contributed by atoms with E-state index < -0.39 is 0 Å². The molecule has 0 fully saturated rings. The number of hydrogen-bond donors (Lipinski definition) is 1. The van der Waals surface area contributed by atoms with Crippen LogP contribution in [0.1, 0.15) is 11.1 Å². The molecule has 0 atom stereocenters. The van der Waals surface area contributed by atoms with Crippen molar-refractivity contribution in [2.45, 2.75) is 13.8 Å². The van der Waals surface area contributed by atoms with E-state index in [0.29, 0.717) is 0 Å². The third-order valence-corrected chi connectivity index (χ3v) is 6.24. The fourth-order valence-corrected chi connectivity index (χ4v) is 4.22. The van der Waals surface area contributed by atoms with Gasteiger partial charge >= 0.3 is 0 Å². The molecule has 0 unspecified atom stereocenters. The van der Waals surface area contributed by atoms with E-state index in [1.54, 1.807) is 0 Å². The summed E-state index contributed by atoms with van der Waals surface area (Å²) in [6, 6.07) is 44.7. The highest BCUT2D eigenvalue weighted by Crippen LogP contribution is 2.38. The Bertz CT molecular complexity index is 1360. The van der Waals surface area contributed by atoms with E-state index in [9.17, 15) is 0 Å². The van der Waals surface area contributed by atoms with E-state index in [-0.39, 0.29) is 0 Å². The smallest absolute Gasteiger partial charge is 0.0493 e. The molecule has 5 aromatic rings. The van der Waals surface area contributed by atoms with Crippen LogP contribution in [0.25, 0.3) is 11.1 Å². The first-order valence-corrected chi connectivity index (χ1v) is 11.6. The molecule has 0 aliphatic rings. The van der Waals surface area contributed by atoms with Crippen molar-refractivity contribution in [3.05, 3.63) is 139 Å². The molecule has 0 radical (unpaired) electrons. The predicted molar refractivity (Wildman–Crippen MR) is 146 cm³/mol. The lowest BCUT2D eigenvalue weighted by atomic mass is 10.0. The monoisotopic (exact) mass is 440 g/mol.